The number of benzene rings is 2. The molecular weight excluding hydrogens is 486 g/mol. The molecule has 192 valence electrons. The van der Waals surface area contributed by atoms with Crippen LogP contribution in [0.5, 0.6) is 0 Å². The van der Waals surface area contributed by atoms with Crippen LogP contribution < -0.4 is 5.32 Å². The Bertz CT molecular complexity index is 1190. The lowest BCUT2D eigenvalue weighted by atomic mass is 9.79. The number of alkyl halides is 6. The van der Waals surface area contributed by atoms with E-state index in [4.69, 9.17) is 4.74 Å². The summed E-state index contributed by atoms with van der Waals surface area (Å²) >= 11 is 0. The predicted molar refractivity (Wildman–Crippen MR) is 118 cm³/mol. The molecule has 11 heteroatoms. The van der Waals surface area contributed by atoms with Gasteiger partial charge in [-0.1, -0.05) is 35.5 Å². The molecule has 4 atom stereocenters. The van der Waals surface area contributed by atoms with Crippen molar-refractivity contribution in [1.82, 2.24) is 20.3 Å². The molecule has 0 radical (unpaired) electrons. The highest BCUT2D eigenvalue weighted by molar-refractivity contribution is 5.35. The molecule has 0 amide bonds. The van der Waals surface area contributed by atoms with Crippen molar-refractivity contribution in [2.75, 3.05) is 0 Å². The molecule has 2 saturated heterocycles. The van der Waals surface area contributed by atoms with Crippen molar-refractivity contribution < 1.29 is 31.1 Å². The molecule has 2 aromatic carbocycles. The fraction of sp³-hybridized carbons (Fsp3) is 0.440. The molecule has 0 aliphatic carbocycles. The summed E-state index contributed by atoms with van der Waals surface area (Å²) in [4.78, 5) is 0. The van der Waals surface area contributed by atoms with Crippen LogP contribution in [0.1, 0.15) is 53.1 Å². The summed E-state index contributed by atoms with van der Waals surface area (Å²) in [6.07, 6.45) is -6.60. The van der Waals surface area contributed by atoms with Crippen LogP contribution in [-0.2, 0) is 36.3 Å². The number of piperidine rings is 1. The number of aromatic nitrogens is 3. The maximum Gasteiger partial charge on any atom is 0.416 e. The van der Waals surface area contributed by atoms with E-state index in [1.54, 1.807) is 10.9 Å². The van der Waals surface area contributed by atoms with Gasteiger partial charge in [-0.15, -0.1) is 5.10 Å². The van der Waals surface area contributed by atoms with Crippen molar-refractivity contribution in [2.45, 2.75) is 61.8 Å². The highest BCUT2D eigenvalue weighted by Crippen LogP contribution is 2.51. The second-order valence-corrected chi connectivity index (χ2v) is 9.47. The zero-order chi connectivity index (χ0) is 25.7. The van der Waals surface area contributed by atoms with Crippen molar-refractivity contribution in [2.24, 2.45) is 7.05 Å². The summed E-state index contributed by atoms with van der Waals surface area (Å²) in [5.41, 5.74) is -1.61. The lowest BCUT2D eigenvalue weighted by Crippen LogP contribution is -2.54. The quantitative estimate of drug-likeness (QED) is 0.456. The molecule has 5 rings (SSSR count). The standard InChI is InChI=1S/C25H24F6N4O/c1-35-21(13-32-34-35)19-12-23(16-5-3-2-4-6-16)22(8-7-20(19)33-23)36-14-15-9-17(24(26,27)28)11-18(10-15)25(29,30)31/h2-6,9-11,13,19-20,22,33H,7-8,12,14H2,1H3. The van der Waals surface area contributed by atoms with Crippen LogP contribution in [0.25, 0.3) is 0 Å². The van der Waals surface area contributed by atoms with Gasteiger partial charge >= 0.3 is 12.4 Å². The third-order valence-electron chi connectivity index (χ3n) is 7.28. The van der Waals surface area contributed by atoms with Gasteiger partial charge < -0.3 is 10.1 Å². The summed E-state index contributed by atoms with van der Waals surface area (Å²) in [6, 6.07) is 11.3. The number of aryl methyl sites for hydroxylation is 1. The number of nitrogens with zero attached hydrogens (tertiary/aromatic N) is 3. The molecule has 2 aliphatic rings. The molecule has 2 bridgehead atoms. The van der Waals surface area contributed by atoms with Gasteiger partial charge in [0.05, 0.1) is 41.3 Å². The van der Waals surface area contributed by atoms with Gasteiger partial charge in [0.2, 0.25) is 0 Å². The second-order valence-electron chi connectivity index (χ2n) is 9.47. The van der Waals surface area contributed by atoms with Crippen molar-refractivity contribution >= 4 is 0 Å². The monoisotopic (exact) mass is 510 g/mol. The smallest absolute Gasteiger partial charge is 0.371 e. The molecule has 0 saturated carbocycles. The highest BCUT2D eigenvalue weighted by Gasteiger charge is 2.55. The normalized spacial score (nSPS) is 26.4. The first kappa shape index (κ1) is 24.8. The molecule has 1 aromatic heterocycles. The average molecular weight is 510 g/mol. The minimum absolute atomic E-state index is 0.0733. The zero-order valence-electron chi connectivity index (χ0n) is 19.3. The third-order valence-corrected chi connectivity index (χ3v) is 7.28. The Hall–Kier alpha value is -2.92. The Morgan fingerprint density at radius 1 is 1.00 bits per heavy atom. The molecule has 36 heavy (non-hydrogen) atoms. The zero-order valence-corrected chi connectivity index (χ0v) is 19.3. The van der Waals surface area contributed by atoms with Gasteiger partial charge in [-0.25, -0.2) is 0 Å². The number of hydrogen-bond acceptors (Lipinski definition) is 4. The van der Waals surface area contributed by atoms with Crippen LogP contribution >= 0.6 is 0 Å². The molecule has 5 nitrogen and oxygen atoms in total. The minimum atomic E-state index is -4.91. The average Bonchev–Trinajstić information content (AvgIpc) is 3.39. The number of rotatable bonds is 5. The fourth-order valence-electron chi connectivity index (χ4n) is 5.65. The minimum Gasteiger partial charge on any atom is -0.371 e. The fourth-order valence-corrected chi connectivity index (χ4v) is 5.65. The number of hydrogen-bond donors (Lipinski definition) is 1. The van der Waals surface area contributed by atoms with Crippen LogP contribution in [-0.4, -0.2) is 27.1 Å². The van der Waals surface area contributed by atoms with Gasteiger partial charge in [0.15, 0.2) is 0 Å². The number of ether oxygens (including phenoxy) is 1. The lowest BCUT2D eigenvalue weighted by Gasteiger charge is -2.42. The van der Waals surface area contributed by atoms with Gasteiger partial charge in [-0.3, -0.25) is 4.68 Å². The molecule has 1 N–H and O–H groups in total. The van der Waals surface area contributed by atoms with E-state index < -0.39 is 35.1 Å². The van der Waals surface area contributed by atoms with Crippen LogP contribution in [0.3, 0.4) is 0 Å². The molecule has 2 aliphatic heterocycles. The third kappa shape index (κ3) is 4.50. The summed E-state index contributed by atoms with van der Waals surface area (Å²) < 4.78 is 87.8. The van der Waals surface area contributed by atoms with Crippen LogP contribution in [0.2, 0.25) is 0 Å². The van der Waals surface area contributed by atoms with Gasteiger partial charge in [-0.2, -0.15) is 26.3 Å². The van der Waals surface area contributed by atoms with E-state index in [2.05, 4.69) is 15.6 Å². The first-order chi connectivity index (χ1) is 17.0. The highest BCUT2D eigenvalue weighted by atomic mass is 19.4. The topological polar surface area (TPSA) is 52.0 Å². The van der Waals surface area contributed by atoms with Crippen LogP contribution in [0, 0.1) is 0 Å². The van der Waals surface area contributed by atoms with E-state index in [1.807, 2.05) is 37.4 Å². The lowest BCUT2D eigenvalue weighted by molar-refractivity contribution is -0.143. The molecule has 2 fully saturated rings. The summed E-state index contributed by atoms with van der Waals surface area (Å²) in [7, 11) is 1.82. The van der Waals surface area contributed by atoms with Crippen molar-refractivity contribution in [3.8, 4) is 0 Å². The van der Waals surface area contributed by atoms with Crippen LogP contribution in [0.4, 0.5) is 26.3 Å². The largest absolute Gasteiger partial charge is 0.416 e. The molecular formula is C25H24F6N4O. The summed E-state index contributed by atoms with van der Waals surface area (Å²) in [5, 5.41) is 11.7. The van der Waals surface area contributed by atoms with Gasteiger partial charge in [0.1, 0.15) is 0 Å². The van der Waals surface area contributed by atoms with Gasteiger partial charge in [0.25, 0.3) is 0 Å². The Labute approximate surface area is 203 Å². The Balaban J connectivity index is 1.46. The SMILES string of the molecule is Cn1nncc1C1CC2(c3ccccc3)NC1CCC2OCc1cc(C(F)(F)F)cc(C(F)(F)F)c1. The summed E-state index contributed by atoms with van der Waals surface area (Å²) in [5.74, 6) is 0.0733. The molecule has 0 spiro atoms. The van der Waals surface area contributed by atoms with E-state index in [1.165, 1.54) is 0 Å². The van der Waals surface area contributed by atoms with Crippen LogP contribution in [0.15, 0.2) is 54.7 Å². The first-order valence-corrected chi connectivity index (χ1v) is 11.5. The second kappa shape index (κ2) is 8.88. The van der Waals surface area contributed by atoms with E-state index >= 15 is 0 Å². The van der Waals surface area contributed by atoms with E-state index in [-0.39, 0.29) is 30.2 Å². The van der Waals surface area contributed by atoms with Gasteiger partial charge in [-0.05, 0) is 48.6 Å². The van der Waals surface area contributed by atoms with Crippen molar-refractivity contribution in [1.29, 1.82) is 0 Å². The summed E-state index contributed by atoms with van der Waals surface area (Å²) in [6.45, 7) is -0.378. The Kier molecular flexibility index (Phi) is 6.11. The van der Waals surface area contributed by atoms with Gasteiger partial charge in [0, 0.05) is 19.0 Å². The molecule has 4 unspecified atom stereocenters. The first-order valence-electron chi connectivity index (χ1n) is 11.5. The van der Waals surface area contributed by atoms with Crippen molar-refractivity contribution in [3.05, 3.63) is 82.7 Å². The number of fused-ring (bicyclic) bond motifs is 2. The van der Waals surface area contributed by atoms with E-state index in [0.717, 1.165) is 29.8 Å². The Morgan fingerprint density at radius 3 is 2.25 bits per heavy atom. The maximum absolute atomic E-state index is 13.3. The Morgan fingerprint density at radius 2 is 1.67 bits per heavy atom. The number of halogens is 6. The molecule has 3 heterocycles. The van der Waals surface area contributed by atoms with E-state index in [9.17, 15) is 26.3 Å². The predicted octanol–water partition coefficient (Wildman–Crippen LogP) is 5.57. The van der Waals surface area contributed by atoms with E-state index in [0.29, 0.717) is 12.8 Å². The molecule has 3 aromatic rings. The van der Waals surface area contributed by atoms with Crippen molar-refractivity contribution in [3.63, 3.8) is 0 Å². The maximum atomic E-state index is 13.3. The number of nitrogens with one attached hydrogen (secondary N) is 1.